The van der Waals surface area contributed by atoms with Crippen LogP contribution >= 0.6 is 0 Å². The van der Waals surface area contributed by atoms with Crippen LogP contribution in [0.2, 0.25) is 0 Å². The Morgan fingerprint density at radius 1 is 0.950 bits per heavy atom. The molecule has 3 rings (SSSR count). The van der Waals surface area contributed by atoms with E-state index in [4.69, 9.17) is 0 Å². The van der Waals surface area contributed by atoms with Gasteiger partial charge in [0, 0.05) is 0 Å². The van der Waals surface area contributed by atoms with Crippen LogP contribution < -0.4 is 0 Å². The van der Waals surface area contributed by atoms with Gasteiger partial charge < -0.3 is 0 Å². The number of rotatable bonds is 2. The molecule has 20 heavy (non-hydrogen) atoms. The number of carbonyl (C=O) groups is 1. The topological polar surface area (TPSA) is 17.1 Å². The molecule has 2 aromatic carbocycles. The predicted octanol–water partition coefficient (Wildman–Crippen LogP) is 4.39. The third kappa shape index (κ3) is 2.20. The first-order valence-corrected chi connectivity index (χ1v) is 7.06. The Morgan fingerprint density at radius 2 is 1.55 bits per heavy atom. The normalized spacial score (nSPS) is 24.2. The number of hydrogen-bond donors (Lipinski definition) is 0. The van der Waals surface area contributed by atoms with Gasteiger partial charge in [0.2, 0.25) is 0 Å². The molecule has 100 valence electrons. The fraction of sp³-hybridized carbons (Fsp3) is 0.211. The number of hydrogen-bond acceptors (Lipinski definition) is 1. The molecule has 2 aromatic rings. The molecule has 0 heterocycles. The van der Waals surface area contributed by atoms with Gasteiger partial charge in [-0.05, 0) is 42.5 Å². The van der Waals surface area contributed by atoms with Gasteiger partial charge in [0.05, 0.1) is 5.41 Å². The molecule has 0 N–H and O–H groups in total. The maximum atomic E-state index is 12.8. The van der Waals surface area contributed by atoms with Crippen molar-refractivity contribution in [3.63, 3.8) is 0 Å². The monoisotopic (exact) mass is 262 g/mol. The molecule has 0 aromatic heterocycles. The minimum Gasteiger partial charge on any atom is -0.294 e. The summed E-state index contributed by atoms with van der Waals surface area (Å²) in [4.78, 5) is 12.8. The van der Waals surface area contributed by atoms with Gasteiger partial charge in [-0.25, -0.2) is 0 Å². The van der Waals surface area contributed by atoms with E-state index >= 15 is 0 Å². The lowest BCUT2D eigenvalue weighted by Gasteiger charge is -2.22. The number of carbonyl (C=O) groups excluding carboxylic acids is 1. The smallest absolute Gasteiger partial charge is 0.169 e. The van der Waals surface area contributed by atoms with Gasteiger partial charge in [0.25, 0.3) is 0 Å². The average Bonchev–Trinajstić information content (AvgIpc) is 2.79. The molecular weight excluding hydrogens is 244 g/mol. The molecule has 1 atom stereocenters. The van der Waals surface area contributed by atoms with Crippen LogP contribution in [0.5, 0.6) is 0 Å². The Hall–Kier alpha value is -2.15. The van der Waals surface area contributed by atoms with E-state index in [1.807, 2.05) is 54.6 Å². The summed E-state index contributed by atoms with van der Waals surface area (Å²) in [5, 5.41) is 0. The lowest BCUT2D eigenvalue weighted by Crippen LogP contribution is -2.27. The summed E-state index contributed by atoms with van der Waals surface area (Å²) in [6, 6.07) is 20.2. The second kappa shape index (κ2) is 5.09. The van der Waals surface area contributed by atoms with Gasteiger partial charge >= 0.3 is 0 Å². The van der Waals surface area contributed by atoms with Crippen LogP contribution in [0.25, 0.3) is 6.08 Å². The SMILES string of the molecule is CC1(c2ccccc2)CCC(=Cc2ccccc2)C1=O. The Labute approximate surface area is 120 Å². The fourth-order valence-electron chi connectivity index (χ4n) is 2.94. The van der Waals surface area contributed by atoms with E-state index < -0.39 is 0 Å². The van der Waals surface area contributed by atoms with Gasteiger partial charge in [-0.1, -0.05) is 60.7 Å². The van der Waals surface area contributed by atoms with E-state index in [1.54, 1.807) is 0 Å². The zero-order valence-corrected chi connectivity index (χ0v) is 11.7. The van der Waals surface area contributed by atoms with E-state index in [0.29, 0.717) is 0 Å². The van der Waals surface area contributed by atoms with Crippen LogP contribution in [0.15, 0.2) is 66.2 Å². The molecule has 0 aliphatic heterocycles. The van der Waals surface area contributed by atoms with E-state index in [1.165, 1.54) is 0 Å². The summed E-state index contributed by atoms with van der Waals surface area (Å²) in [6.07, 6.45) is 3.80. The molecule has 1 fully saturated rings. The van der Waals surface area contributed by atoms with Crippen molar-refractivity contribution in [1.29, 1.82) is 0 Å². The maximum absolute atomic E-state index is 12.8. The lowest BCUT2D eigenvalue weighted by atomic mass is 9.80. The first kappa shape index (κ1) is 12.9. The molecule has 0 saturated heterocycles. The van der Waals surface area contributed by atoms with Crippen LogP contribution in [0, 0.1) is 0 Å². The van der Waals surface area contributed by atoms with Gasteiger partial charge in [-0.15, -0.1) is 0 Å². The summed E-state index contributed by atoms with van der Waals surface area (Å²) in [6.45, 7) is 2.07. The van der Waals surface area contributed by atoms with Crippen molar-refractivity contribution in [1.82, 2.24) is 0 Å². The van der Waals surface area contributed by atoms with Crippen molar-refractivity contribution in [2.45, 2.75) is 25.2 Å². The summed E-state index contributed by atoms with van der Waals surface area (Å²) in [7, 11) is 0. The molecule has 1 aliphatic carbocycles. The van der Waals surface area contributed by atoms with E-state index in [9.17, 15) is 4.79 Å². The van der Waals surface area contributed by atoms with E-state index in [2.05, 4.69) is 19.1 Å². The molecule has 0 spiro atoms. The molecule has 0 bridgehead atoms. The highest BCUT2D eigenvalue weighted by Crippen LogP contribution is 2.41. The second-order valence-electron chi connectivity index (χ2n) is 5.61. The van der Waals surface area contributed by atoms with Crippen molar-refractivity contribution in [3.8, 4) is 0 Å². The highest BCUT2D eigenvalue weighted by molar-refractivity contribution is 6.08. The largest absolute Gasteiger partial charge is 0.294 e. The van der Waals surface area contributed by atoms with Crippen molar-refractivity contribution in [2.75, 3.05) is 0 Å². The Kier molecular flexibility index (Phi) is 3.27. The van der Waals surface area contributed by atoms with Crippen LogP contribution in [0.4, 0.5) is 0 Å². The minimum atomic E-state index is -0.359. The molecule has 1 nitrogen and oxygen atoms in total. The van der Waals surface area contributed by atoms with Crippen LogP contribution in [0.1, 0.15) is 30.9 Å². The summed E-state index contributed by atoms with van der Waals surface area (Å²) >= 11 is 0. The summed E-state index contributed by atoms with van der Waals surface area (Å²) < 4.78 is 0. The molecular formula is C19H18O. The van der Waals surface area contributed by atoms with Crippen LogP contribution in [-0.4, -0.2) is 5.78 Å². The van der Waals surface area contributed by atoms with Crippen LogP contribution in [-0.2, 0) is 10.2 Å². The summed E-state index contributed by atoms with van der Waals surface area (Å²) in [5.41, 5.74) is 2.82. The molecule has 1 aliphatic rings. The van der Waals surface area contributed by atoms with Crippen LogP contribution in [0.3, 0.4) is 0 Å². The van der Waals surface area contributed by atoms with Gasteiger partial charge in [-0.3, -0.25) is 4.79 Å². The van der Waals surface area contributed by atoms with E-state index in [0.717, 1.165) is 29.5 Å². The van der Waals surface area contributed by atoms with E-state index in [-0.39, 0.29) is 11.2 Å². The van der Waals surface area contributed by atoms with Gasteiger partial charge in [0.1, 0.15) is 0 Å². The minimum absolute atomic E-state index is 0.271. The average molecular weight is 262 g/mol. The predicted molar refractivity (Wildman–Crippen MR) is 82.5 cm³/mol. The third-order valence-electron chi connectivity index (χ3n) is 4.24. The van der Waals surface area contributed by atoms with Gasteiger partial charge in [0.15, 0.2) is 5.78 Å². The highest BCUT2D eigenvalue weighted by Gasteiger charge is 2.41. The van der Waals surface area contributed by atoms with Crippen molar-refractivity contribution >= 4 is 11.9 Å². The molecule has 1 saturated carbocycles. The van der Waals surface area contributed by atoms with Crippen molar-refractivity contribution < 1.29 is 4.79 Å². The first-order chi connectivity index (χ1) is 9.70. The zero-order valence-electron chi connectivity index (χ0n) is 11.7. The second-order valence-corrected chi connectivity index (χ2v) is 5.61. The molecule has 0 amide bonds. The fourth-order valence-corrected chi connectivity index (χ4v) is 2.94. The number of benzene rings is 2. The molecule has 1 heteroatoms. The number of Topliss-reactive ketones (excluding diaryl/α,β-unsaturated/α-hetero) is 1. The first-order valence-electron chi connectivity index (χ1n) is 7.06. The molecule has 0 radical (unpaired) electrons. The number of allylic oxidation sites excluding steroid dienone is 1. The van der Waals surface area contributed by atoms with Gasteiger partial charge in [-0.2, -0.15) is 0 Å². The summed E-state index contributed by atoms with van der Waals surface area (Å²) in [5.74, 6) is 0.271. The third-order valence-corrected chi connectivity index (χ3v) is 4.24. The lowest BCUT2D eigenvalue weighted by molar-refractivity contribution is -0.118. The van der Waals surface area contributed by atoms with Crippen molar-refractivity contribution in [2.24, 2.45) is 0 Å². The Bertz CT molecular complexity index is 640. The highest BCUT2D eigenvalue weighted by atomic mass is 16.1. The quantitative estimate of drug-likeness (QED) is 0.733. The number of ketones is 1. The molecule has 1 unspecified atom stereocenters. The van der Waals surface area contributed by atoms with Crippen molar-refractivity contribution in [3.05, 3.63) is 77.4 Å². The Balaban J connectivity index is 1.93. The maximum Gasteiger partial charge on any atom is 0.169 e. The Morgan fingerprint density at radius 3 is 2.20 bits per heavy atom. The zero-order chi connectivity index (χ0) is 14.0. The standard InChI is InChI=1S/C19H18O/c1-19(17-10-6-3-7-11-17)13-12-16(18(19)20)14-15-8-4-2-5-9-15/h2-11,14H,12-13H2,1H3.